The summed E-state index contributed by atoms with van der Waals surface area (Å²) in [6.07, 6.45) is 4.14. The van der Waals surface area contributed by atoms with Gasteiger partial charge in [0.1, 0.15) is 0 Å². The highest BCUT2D eigenvalue weighted by Gasteiger charge is 1.99. The minimum Gasteiger partial charge on any atom is -0.396 e. The number of rotatable bonds is 4. The number of pyridine rings is 1. The van der Waals surface area contributed by atoms with Crippen LogP contribution < -0.4 is 5.56 Å². The van der Waals surface area contributed by atoms with Crippen molar-refractivity contribution in [1.82, 2.24) is 4.57 Å². The molecule has 13 heavy (non-hydrogen) atoms. The number of unbranched alkanes of at least 4 members (excludes halogenated alkanes) is 1. The zero-order chi connectivity index (χ0) is 9.68. The highest BCUT2D eigenvalue weighted by molar-refractivity contribution is 5.10. The molecule has 3 nitrogen and oxygen atoms in total. The molecule has 0 saturated carbocycles. The molecule has 0 saturated heterocycles. The first kappa shape index (κ1) is 9.99. The summed E-state index contributed by atoms with van der Waals surface area (Å²) in [4.78, 5) is 11.5. The van der Waals surface area contributed by atoms with E-state index in [0.717, 1.165) is 24.8 Å². The average molecular weight is 181 g/mol. The van der Waals surface area contributed by atoms with Gasteiger partial charge >= 0.3 is 0 Å². The third-order valence-corrected chi connectivity index (χ3v) is 2.06. The third kappa shape index (κ3) is 2.70. The largest absolute Gasteiger partial charge is 0.396 e. The van der Waals surface area contributed by atoms with Crippen LogP contribution in [0.3, 0.4) is 0 Å². The molecule has 0 bridgehead atoms. The fourth-order valence-corrected chi connectivity index (χ4v) is 1.27. The first-order chi connectivity index (χ1) is 6.25. The smallest absolute Gasteiger partial charge is 0.253 e. The lowest BCUT2D eigenvalue weighted by Gasteiger charge is -2.01. The average Bonchev–Trinajstić information content (AvgIpc) is 2.13. The van der Waals surface area contributed by atoms with Crippen molar-refractivity contribution in [1.29, 1.82) is 0 Å². The molecule has 0 aliphatic carbocycles. The van der Waals surface area contributed by atoms with E-state index < -0.39 is 0 Å². The fraction of sp³-hybridized carbons (Fsp3) is 0.500. The topological polar surface area (TPSA) is 42.2 Å². The molecule has 0 aliphatic rings. The molecule has 3 heteroatoms. The number of hydrogen-bond acceptors (Lipinski definition) is 2. The molecule has 0 fully saturated rings. The lowest BCUT2D eigenvalue weighted by atomic mass is 10.1. The number of hydrogen-bond donors (Lipinski definition) is 1. The molecule has 1 aromatic rings. The van der Waals surface area contributed by atoms with Crippen LogP contribution in [-0.2, 0) is 13.5 Å². The summed E-state index contributed by atoms with van der Waals surface area (Å²) in [5, 5.41) is 8.58. The van der Waals surface area contributed by atoms with Crippen molar-refractivity contribution in [3.63, 3.8) is 0 Å². The number of aromatic nitrogens is 1. The van der Waals surface area contributed by atoms with E-state index in [1.807, 2.05) is 12.1 Å². The second-order valence-corrected chi connectivity index (χ2v) is 3.13. The van der Waals surface area contributed by atoms with Gasteiger partial charge in [0, 0.05) is 25.4 Å². The van der Waals surface area contributed by atoms with E-state index in [4.69, 9.17) is 5.11 Å². The molecule has 72 valence electrons. The molecule has 0 aliphatic heterocycles. The van der Waals surface area contributed by atoms with Gasteiger partial charge in [0.2, 0.25) is 0 Å². The first-order valence-corrected chi connectivity index (χ1v) is 4.51. The Morgan fingerprint density at radius 3 is 2.92 bits per heavy atom. The summed E-state index contributed by atoms with van der Waals surface area (Å²) in [7, 11) is 1.75. The van der Waals surface area contributed by atoms with Crippen molar-refractivity contribution in [2.45, 2.75) is 19.3 Å². The Balaban J connectivity index is 2.67. The van der Waals surface area contributed by atoms with Crippen LogP contribution in [0, 0.1) is 0 Å². The molecule has 1 aromatic heterocycles. The van der Waals surface area contributed by atoms with Gasteiger partial charge in [0.05, 0.1) is 0 Å². The van der Waals surface area contributed by atoms with Crippen molar-refractivity contribution in [3.05, 3.63) is 34.2 Å². The maximum Gasteiger partial charge on any atom is 0.253 e. The van der Waals surface area contributed by atoms with Crippen LogP contribution in [0.25, 0.3) is 0 Å². The molecule has 0 radical (unpaired) electrons. The van der Waals surface area contributed by atoms with Crippen molar-refractivity contribution < 1.29 is 5.11 Å². The van der Waals surface area contributed by atoms with Crippen LogP contribution in [0.15, 0.2) is 23.1 Å². The maximum atomic E-state index is 11.5. The Kier molecular flexibility index (Phi) is 3.71. The maximum absolute atomic E-state index is 11.5. The van der Waals surface area contributed by atoms with Crippen molar-refractivity contribution in [3.8, 4) is 0 Å². The normalized spacial score (nSPS) is 10.3. The Bertz CT molecular complexity index is 317. The van der Waals surface area contributed by atoms with E-state index in [0.29, 0.717) is 0 Å². The first-order valence-electron chi connectivity index (χ1n) is 4.51. The Morgan fingerprint density at radius 1 is 1.46 bits per heavy atom. The van der Waals surface area contributed by atoms with E-state index in [9.17, 15) is 4.79 Å². The van der Waals surface area contributed by atoms with Gasteiger partial charge in [-0.15, -0.1) is 0 Å². The fourth-order valence-electron chi connectivity index (χ4n) is 1.27. The van der Waals surface area contributed by atoms with Crippen molar-refractivity contribution in [2.24, 2.45) is 7.05 Å². The number of aryl methyl sites for hydroxylation is 2. The van der Waals surface area contributed by atoms with E-state index in [-0.39, 0.29) is 12.2 Å². The predicted molar refractivity (Wildman–Crippen MR) is 51.7 cm³/mol. The van der Waals surface area contributed by atoms with Gasteiger partial charge in [-0.2, -0.15) is 0 Å². The van der Waals surface area contributed by atoms with Crippen LogP contribution in [0.1, 0.15) is 18.4 Å². The van der Waals surface area contributed by atoms with Gasteiger partial charge in [-0.3, -0.25) is 4.79 Å². The second-order valence-electron chi connectivity index (χ2n) is 3.13. The van der Waals surface area contributed by atoms with Crippen molar-refractivity contribution in [2.75, 3.05) is 6.61 Å². The van der Waals surface area contributed by atoms with Crippen LogP contribution in [-0.4, -0.2) is 16.3 Å². The summed E-state index contributed by atoms with van der Waals surface area (Å²) in [5.41, 5.74) is 0.902. The van der Waals surface area contributed by atoms with Crippen LogP contribution in [0.4, 0.5) is 0 Å². The monoisotopic (exact) mass is 181 g/mol. The number of aliphatic hydroxyl groups is 1. The van der Waals surface area contributed by atoms with Crippen molar-refractivity contribution >= 4 is 0 Å². The van der Waals surface area contributed by atoms with Gasteiger partial charge in [-0.05, 0) is 25.3 Å². The molecular weight excluding hydrogens is 166 g/mol. The summed E-state index contributed by atoms with van der Waals surface area (Å²) >= 11 is 0. The molecule has 0 atom stereocenters. The highest BCUT2D eigenvalue weighted by atomic mass is 16.2. The Morgan fingerprint density at radius 2 is 2.23 bits per heavy atom. The van der Waals surface area contributed by atoms with Crippen LogP contribution in [0.5, 0.6) is 0 Å². The minimum absolute atomic E-state index is 0.0699. The van der Waals surface area contributed by atoms with Gasteiger partial charge in [0.15, 0.2) is 0 Å². The van der Waals surface area contributed by atoms with E-state index in [1.165, 1.54) is 0 Å². The highest BCUT2D eigenvalue weighted by Crippen LogP contribution is 1.98. The molecule has 0 amide bonds. The third-order valence-electron chi connectivity index (χ3n) is 2.06. The van der Waals surface area contributed by atoms with Crippen LogP contribution >= 0.6 is 0 Å². The standard InChI is InChI=1S/C10H15NO2/c1-11-7-4-6-9(10(11)13)5-2-3-8-12/h4,6-7,12H,2-3,5,8H2,1H3. The van der Waals surface area contributed by atoms with Gasteiger partial charge in [-0.1, -0.05) is 6.07 Å². The zero-order valence-corrected chi connectivity index (χ0v) is 7.86. The molecule has 0 spiro atoms. The molecule has 0 aromatic carbocycles. The minimum atomic E-state index is 0.0699. The summed E-state index contributed by atoms with van der Waals surface area (Å²) < 4.78 is 1.58. The zero-order valence-electron chi connectivity index (χ0n) is 7.86. The van der Waals surface area contributed by atoms with E-state index in [1.54, 1.807) is 17.8 Å². The SMILES string of the molecule is Cn1cccc(CCCCO)c1=O. The molecular formula is C10H15NO2. The quantitative estimate of drug-likeness (QED) is 0.695. The summed E-state index contributed by atoms with van der Waals surface area (Å²) in [6.45, 7) is 0.202. The molecule has 1 N–H and O–H groups in total. The summed E-state index contributed by atoms with van der Waals surface area (Å²) in [6, 6.07) is 3.72. The number of nitrogens with zero attached hydrogens (tertiary/aromatic N) is 1. The van der Waals surface area contributed by atoms with Gasteiger partial charge < -0.3 is 9.67 Å². The van der Waals surface area contributed by atoms with Crippen LogP contribution in [0.2, 0.25) is 0 Å². The van der Waals surface area contributed by atoms with E-state index in [2.05, 4.69) is 0 Å². The molecule has 0 unspecified atom stereocenters. The van der Waals surface area contributed by atoms with Gasteiger partial charge in [-0.25, -0.2) is 0 Å². The Hall–Kier alpha value is -1.09. The molecule has 1 heterocycles. The van der Waals surface area contributed by atoms with E-state index >= 15 is 0 Å². The predicted octanol–water partition coefficient (Wildman–Crippen LogP) is 0.700. The molecule has 1 rings (SSSR count). The van der Waals surface area contributed by atoms with Gasteiger partial charge in [0.25, 0.3) is 5.56 Å². The lowest BCUT2D eigenvalue weighted by Crippen LogP contribution is -2.19. The number of aliphatic hydroxyl groups excluding tert-OH is 1. The Labute approximate surface area is 77.6 Å². The second kappa shape index (κ2) is 4.82. The lowest BCUT2D eigenvalue weighted by molar-refractivity contribution is 0.284. The summed E-state index contributed by atoms with van der Waals surface area (Å²) in [5.74, 6) is 0.